The standard InChI is InChI=1S/C57H103N8O29P/c1-31(69)61-43-48(77)46(75)39(29-67)92-55(43)90-26-23-86-19-16-58-41(72)14-12-36(52(81)59-17-21-88-24-27-91-56-44(62-32(2)70)49(78)47(76)40(30-68)93-56)64-42(73)15-13-37(65-51(80)34-8-10-35(11-9-34)94-95(83,84)57(4,5)6)53(82)60-18-20-87-22-25-89-54(63-33(3)71)50(79)45(74)38(28-66)85-7/h34-40,43-50,54-56,66-68,74-79H,8-30H2,1-7H3,(H,58,72)(H,59,81)(H,60,82)(H,61,69)(H,62,70)(H,63,71)(H,64,73)(H,65,80)(H,83,84)/t34-,35+,36?,37?,38?,39?,40?,43?,44?,45?,46?,47?,48?,49?,50?,54?,55?,56?. The van der Waals surface area contributed by atoms with E-state index in [-0.39, 0.29) is 124 Å². The van der Waals surface area contributed by atoms with E-state index in [0.29, 0.717) is 0 Å². The van der Waals surface area contributed by atoms with Gasteiger partial charge in [-0.2, -0.15) is 0 Å². The molecule has 38 heteroatoms. The topological polar surface area (TPSA) is 544 Å². The fourth-order valence-electron chi connectivity index (χ4n) is 9.88. The first-order chi connectivity index (χ1) is 44.9. The minimum atomic E-state index is -4.03. The number of rotatable bonds is 44. The Hall–Kier alpha value is -4.81. The fraction of sp³-hybridized carbons (Fsp3) is 0.860. The van der Waals surface area contributed by atoms with Gasteiger partial charge in [-0.3, -0.25) is 42.9 Å². The van der Waals surface area contributed by atoms with Crippen LogP contribution in [0.2, 0.25) is 0 Å². The lowest BCUT2D eigenvalue weighted by molar-refractivity contribution is -0.272. The Bertz CT molecular complexity index is 2390. The van der Waals surface area contributed by atoms with Crippen LogP contribution in [0.4, 0.5) is 0 Å². The van der Waals surface area contributed by atoms with Crippen molar-refractivity contribution < 1.29 is 141 Å². The molecule has 0 aromatic carbocycles. The second-order valence-corrected chi connectivity index (χ2v) is 26.4. The van der Waals surface area contributed by atoms with E-state index in [1.165, 1.54) is 21.0 Å². The van der Waals surface area contributed by atoms with E-state index in [0.717, 1.165) is 6.92 Å². The highest BCUT2D eigenvalue weighted by atomic mass is 31.2. The maximum atomic E-state index is 13.8. The van der Waals surface area contributed by atoms with Crippen LogP contribution in [-0.2, 0) is 90.1 Å². The summed E-state index contributed by atoms with van der Waals surface area (Å²) in [6.07, 6.45) is -18.2. The maximum absolute atomic E-state index is 13.8. The number of carbonyl (C=O) groups excluding carboxylic acids is 8. The molecule has 1 aliphatic carbocycles. The Labute approximate surface area is 550 Å². The molecule has 3 rings (SSSR count). The number of nitrogens with one attached hydrogen (secondary N) is 8. The smallest absolute Gasteiger partial charge is 0.333 e. The predicted octanol–water partition coefficient (Wildman–Crippen LogP) is -7.40. The third-order valence-electron chi connectivity index (χ3n) is 15.4. The van der Waals surface area contributed by atoms with Crippen LogP contribution in [0.15, 0.2) is 0 Å². The van der Waals surface area contributed by atoms with Crippen molar-refractivity contribution in [3.63, 3.8) is 0 Å². The van der Waals surface area contributed by atoms with Gasteiger partial charge in [0.2, 0.25) is 47.3 Å². The van der Waals surface area contributed by atoms with Gasteiger partial charge in [0.05, 0.1) is 90.5 Å². The summed E-state index contributed by atoms with van der Waals surface area (Å²) in [5.74, 6) is -5.76. The number of methoxy groups -OCH3 is 1. The summed E-state index contributed by atoms with van der Waals surface area (Å²) in [5.41, 5.74) is 0. The third kappa shape index (κ3) is 29.7. The van der Waals surface area contributed by atoms with Crippen molar-refractivity contribution in [3.8, 4) is 0 Å². The molecule has 0 aromatic rings. The normalized spacial score (nSPS) is 26.4. The number of ether oxygens (including phenoxy) is 9. The van der Waals surface area contributed by atoms with Crippen molar-refractivity contribution in [1.82, 2.24) is 42.5 Å². The molecule has 0 aromatic heterocycles. The SMILES string of the molecule is COC(CO)C(O)C(O)C(NC(C)=O)OCCOCCNC(=O)C(CCC(=O)NC(CCC(=O)NCCOCCOC1OC(CO)C(O)C(O)C1NC(C)=O)C(=O)NCCOCCOC1OC(CO)C(O)C(O)C1NC(C)=O)NC(=O)[C@H]1CC[C@@H](OP(=O)(O)C(C)(C)C)CC1. The molecule has 18 N–H and O–H groups in total. The van der Waals surface area contributed by atoms with Gasteiger partial charge in [-0.1, -0.05) is 0 Å². The van der Waals surface area contributed by atoms with Gasteiger partial charge in [-0.05, 0) is 59.3 Å². The average molecular weight is 1400 g/mol. The van der Waals surface area contributed by atoms with E-state index in [1.54, 1.807) is 20.8 Å². The molecule has 1 saturated carbocycles. The summed E-state index contributed by atoms with van der Waals surface area (Å²) < 4.78 is 68.0. The monoisotopic (exact) mass is 1390 g/mol. The van der Waals surface area contributed by atoms with Gasteiger partial charge in [-0.25, -0.2) is 0 Å². The number of aliphatic hydroxyl groups is 9. The van der Waals surface area contributed by atoms with Gasteiger partial charge in [0.25, 0.3) is 0 Å². The number of aliphatic hydroxyl groups excluding tert-OH is 9. The van der Waals surface area contributed by atoms with Crippen LogP contribution >= 0.6 is 7.60 Å². The van der Waals surface area contributed by atoms with Gasteiger partial charge in [0, 0.05) is 66.3 Å². The first-order valence-corrected chi connectivity index (χ1v) is 33.0. The third-order valence-corrected chi connectivity index (χ3v) is 17.6. The first-order valence-electron chi connectivity index (χ1n) is 31.5. The number of amides is 8. The Morgan fingerprint density at radius 3 is 1.45 bits per heavy atom. The lowest BCUT2D eigenvalue weighted by atomic mass is 9.86. The van der Waals surface area contributed by atoms with Crippen LogP contribution in [0.1, 0.15) is 92.9 Å². The molecular weight excluding hydrogens is 1290 g/mol. The van der Waals surface area contributed by atoms with Gasteiger partial charge < -0.3 is 141 Å². The lowest BCUT2D eigenvalue weighted by Gasteiger charge is -2.42. The number of hydrogen-bond acceptors (Lipinski definition) is 28. The van der Waals surface area contributed by atoms with Crippen molar-refractivity contribution in [2.75, 3.05) is 106 Å². The molecule has 95 heavy (non-hydrogen) atoms. The molecule has 0 bridgehead atoms. The summed E-state index contributed by atoms with van der Waals surface area (Å²) in [6, 6.07) is -5.10. The minimum absolute atomic E-state index is 0.0346. The summed E-state index contributed by atoms with van der Waals surface area (Å²) in [5, 5.41) is 111. The lowest BCUT2D eigenvalue weighted by Crippen LogP contribution is -2.64. The Morgan fingerprint density at radius 1 is 0.568 bits per heavy atom. The van der Waals surface area contributed by atoms with Gasteiger partial charge in [-0.15, -0.1) is 0 Å². The molecule has 2 aliphatic heterocycles. The molecule has 0 radical (unpaired) electrons. The molecule has 2 saturated heterocycles. The molecule has 37 nitrogen and oxygen atoms in total. The molecule has 3 aliphatic rings. The summed E-state index contributed by atoms with van der Waals surface area (Å²) in [7, 11) is -2.83. The quantitative estimate of drug-likeness (QED) is 0.0153. The zero-order chi connectivity index (χ0) is 71.0. The predicted molar refractivity (Wildman–Crippen MR) is 326 cm³/mol. The van der Waals surface area contributed by atoms with Crippen molar-refractivity contribution in [2.45, 2.75) is 202 Å². The summed E-state index contributed by atoms with van der Waals surface area (Å²) >= 11 is 0. The van der Waals surface area contributed by atoms with E-state index in [9.17, 15) is 93.8 Å². The van der Waals surface area contributed by atoms with Crippen LogP contribution in [-0.4, -0.2) is 313 Å². The summed E-state index contributed by atoms with van der Waals surface area (Å²) in [4.78, 5) is 114. The fourth-order valence-corrected chi connectivity index (χ4v) is 10.8. The highest BCUT2D eigenvalue weighted by Crippen LogP contribution is 2.57. The average Bonchev–Trinajstić information content (AvgIpc) is 0.831. The molecule has 3 fully saturated rings. The molecule has 2 heterocycles. The molecule has 8 amide bonds. The molecular formula is C57H103N8O29P. The van der Waals surface area contributed by atoms with E-state index in [2.05, 4.69) is 42.5 Å². The second kappa shape index (κ2) is 43.6. The largest absolute Gasteiger partial charge is 0.394 e. The van der Waals surface area contributed by atoms with E-state index < -0.39 is 196 Å². The van der Waals surface area contributed by atoms with Crippen molar-refractivity contribution in [1.29, 1.82) is 0 Å². The van der Waals surface area contributed by atoms with Gasteiger partial charge in [0.1, 0.15) is 79.1 Å². The van der Waals surface area contributed by atoms with Crippen LogP contribution in [0.3, 0.4) is 0 Å². The highest BCUT2D eigenvalue weighted by molar-refractivity contribution is 7.54. The van der Waals surface area contributed by atoms with E-state index in [1.807, 2.05) is 0 Å². The van der Waals surface area contributed by atoms with E-state index >= 15 is 0 Å². The number of hydrogen-bond donors (Lipinski definition) is 18. The van der Waals surface area contributed by atoms with Crippen LogP contribution in [0.25, 0.3) is 0 Å². The van der Waals surface area contributed by atoms with Gasteiger partial charge >= 0.3 is 7.60 Å². The molecule has 17 unspecified atom stereocenters. The maximum Gasteiger partial charge on any atom is 0.333 e. The molecule has 550 valence electrons. The van der Waals surface area contributed by atoms with Crippen molar-refractivity contribution >= 4 is 54.9 Å². The minimum Gasteiger partial charge on any atom is -0.394 e. The first kappa shape index (κ1) is 84.4. The van der Waals surface area contributed by atoms with Crippen LogP contribution in [0.5, 0.6) is 0 Å². The number of carbonyl (C=O) groups is 8. The Kier molecular flexibility index (Phi) is 38.7. The van der Waals surface area contributed by atoms with Crippen LogP contribution in [0, 0.1) is 5.92 Å². The highest BCUT2D eigenvalue weighted by Gasteiger charge is 2.47. The zero-order valence-electron chi connectivity index (χ0n) is 54.8. The second-order valence-electron chi connectivity index (χ2n) is 23.8. The Morgan fingerprint density at radius 2 is 1.02 bits per heavy atom. The van der Waals surface area contributed by atoms with Crippen LogP contribution < -0.4 is 42.5 Å². The van der Waals surface area contributed by atoms with Gasteiger partial charge in [0.15, 0.2) is 18.8 Å². The Balaban J connectivity index is 1.68. The zero-order valence-corrected chi connectivity index (χ0v) is 55.7. The summed E-state index contributed by atoms with van der Waals surface area (Å²) in [6.45, 7) is 4.73. The van der Waals surface area contributed by atoms with Crippen molar-refractivity contribution in [3.05, 3.63) is 0 Å². The van der Waals surface area contributed by atoms with Crippen molar-refractivity contribution in [2.24, 2.45) is 5.92 Å². The molecule has 0 spiro atoms. The molecule has 17 atom stereocenters. The van der Waals surface area contributed by atoms with E-state index in [4.69, 9.17) is 47.2 Å².